The van der Waals surface area contributed by atoms with Crippen molar-refractivity contribution >= 4 is 0 Å². The van der Waals surface area contributed by atoms with E-state index < -0.39 is 0 Å². The number of hydrogen-bond donors (Lipinski definition) is 1. The maximum Gasteiger partial charge on any atom is 0.122 e. The number of hydrogen-bond acceptors (Lipinski definition) is 4. The zero-order chi connectivity index (χ0) is 16.9. The number of aryl methyl sites for hydroxylation is 1. The Kier molecular flexibility index (Phi) is 5.53. The fourth-order valence-electron chi connectivity index (χ4n) is 3.54. The van der Waals surface area contributed by atoms with E-state index in [-0.39, 0.29) is 12.0 Å². The average Bonchev–Trinajstić information content (AvgIpc) is 3.02. The number of β-amino-alcohol motifs (C(OH)–C–C–N with tert-alkyl or cyclic N) is 1. The van der Waals surface area contributed by atoms with Crippen molar-refractivity contribution in [3.63, 3.8) is 0 Å². The second-order valence-corrected chi connectivity index (χ2v) is 6.51. The van der Waals surface area contributed by atoms with Gasteiger partial charge in [-0.15, -0.1) is 0 Å². The van der Waals surface area contributed by atoms with Crippen LogP contribution in [0.25, 0.3) is 0 Å². The van der Waals surface area contributed by atoms with Crippen LogP contribution in [0.1, 0.15) is 37.1 Å². The Morgan fingerprint density at radius 1 is 1.38 bits per heavy atom. The molecule has 24 heavy (non-hydrogen) atoms. The van der Waals surface area contributed by atoms with Gasteiger partial charge in [0.15, 0.2) is 0 Å². The second kappa shape index (κ2) is 7.81. The molecular formula is C19H27N3O2. The van der Waals surface area contributed by atoms with E-state index in [2.05, 4.69) is 27.4 Å². The van der Waals surface area contributed by atoms with Crippen LogP contribution in [-0.2, 0) is 13.1 Å². The Bertz CT molecular complexity index is 656. The van der Waals surface area contributed by atoms with Gasteiger partial charge in [0.1, 0.15) is 11.6 Å². The molecule has 0 amide bonds. The summed E-state index contributed by atoms with van der Waals surface area (Å²) in [6.07, 6.45) is 5.59. The van der Waals surface area contributed by atoms with E-state index in [9.17, 15) is 5.11 Å². The van der Waals surface area contributed by atoms with Crippen molar-refractivity contribution in [2.75, 3.05) is 20.2 Å². The van der Waals surface area contributed by atoms with Crippen molar-refractivity contribution in [3.05, 3.63) is 48.0 Å². The van der Waals surface area contributed by atoms with Crippen LogP contribution in [0.2, 0.25) is 0 Å². The maximum atomic E-state index is 10.6. The van der Waals surface area contributed by atoms with Gasteiger partial charge in [0.05, 0.1) is 19.8 Å². The molecule has 0 aliphatic carbocycles. The van der Waals surface area contributed by atoms with E-state index in [0.717, 1.165) is 49.6 Å². The highest BCUT2D eigenvalue weighted by atomic mass is 16.5. The fourth-order valence-corrected chi connectivity index (χ4v) is 3.54. The van der Waals surface area contributed by atoms with Crippen molar-refractivity contribution in [2.45, 2.75) is 44.9 Å². The molecule has 1 aromatic carbocycles. The molecule has 1 aliphatic heterocycles. The number of nitrogens with zero attached hydrogens (tertiary/aromatic N) is 3. The Balaban J connectivity index is 1.63. The molecule has 1 fully saturated rings. The lowest BCUT2D eigenvalue weighted by molar-refractivity contribution is 0.0459. The number of aliphatic hydroxyl groups excluding tert-OH is 1. The van der Waals surface area contributed by atoms with Crippen LogP contribution in [0.5, 0.6) is 5.75 Å². The lowest BCUT2D eigenvalue weighted by atomic mass is 9.87. The molecule has 1 saturated heterocycles. The Morgan fingerprint density at radius 2 is 2.25 bits per heavy atom. The predicted octanol–water partition coefficient (Wildman–Crippen LogP) is 2.65. The van der Waals surface area contributed by atoms with Crippen molar-refractivity contribution < 1.29 is 9.84 Å². The minimum atomic E-state index is -0.361. The van der Waals surface area contributed by atoms with Crippen LogP contribution >= 0.6 is 0 Å². The Labute approximate surface area is 143 Å². The number of benzene rings is 1. The molecule has 3 rings (SSSR count). The van der Waals surface area contributed by atoms with E-state index in [1.54, 1.807) is 7.11 Å². The third kappa shape index (κ3) is 3.79. The molecule has 5 nitrogen and oxygen atoms in total. The van der Waals surface area contributed by atoms with Gasteiger partial charge in [-0.3, -0.25) is 4.90 Å². The van der Waals surface area contributed by atoms with Gasteiger partial charge >= 0.3 is 0 Å². The van der Waals surface area contributed by atoms with E-state index in [1.165, 1.54) is 0 Å². The third-order valence-electron chi connectivity index (χ3n) is 4.82. The number of methoxy groups -OCH3 is 1. The number of rotatable bonds is 6. The van der Waals surface area contributed by atoms with Gasteiger partial charge < -0.3 is 14.4 Å². The van der Waals surface area contributed by atoms with Gasteiger partial charge in [-0.05, 0) is 37.1 Å². The van der Waals surface area contributed by atoms with Crippen LogP contribution in [0, 0.1) is 0 Å². The summed E-state index contributed by atoms with van der Waals surface area (Å²) in [6, 6.07) is 8.06. The van der Waals surface area contributed by atoms with Gasteiger partial charge in [-0.25, -0.2) is 4.98 Å². The molecule has 2 atom stereocenters. The van der Waals surface area contributed by atoms with E-state index in [4.69, 9.17) is 4.74 Å². The number of piperidine rings is 1. The molecule has 1 aliphatic rings. The first-order valence-electron chi connectivity index (χ1n) is 8.75. The van der Waals surface area contributed by atoms with Gasteiger partial charge in [0, 0.05) is 31.4 Å². The summed E-state index contributed by atoms with van der Waals surface area (Å²) in [7, 11) is 1.68. The molecule has 0 unspecified atom stereocenters. The lowest BCUT2D eigenvalue weighted by Gasteiger charge is -2.36. The number of imidazole rings is 1. The highest BCUT2D eigenvalue weighted by molar-refractivity contribution is 5.31. The number of aromatic nitrogens is 2. The highest BCUT2D eigenvalue weighted by Crippen LogP contribution is 2.30. The van der Waals surface area contributed by atoms with Crippen LogP contribution in [0.4, 0.5) is 0 Å². The summed E-state index contributed by atoms with van der Waals surface area (Å²) in [4.78, 5) is 6.78. The highest BCUT2D eigenvalue weighted by Gasteiger charge is 2.29. The van der Waals surface area contributed by atoms with Crippen LogP contribution in [0.3, 0.4) is 0 Å². The SMILES string of the molecule is CCCn1ccnc1CN1CC[C@@H](c2cccc(OC)c2)[C@H](O)C1. The normalized spacial score (nSPS) is 21.8. The molecule has 5 heteroatoms. The number of likely N-dealkylation sites (tertiary alicyclic amines) is 1. The van der Waals surface area contributed by atoms with E-state index in [0.29, 0.717) is 6.54 Å². The van der Waals surface area contributed by atoms with Crippen LogP contribution < -0.4 is 4.74 Å². The smallest absolute Gasteiger partial charge is 0.122 e. The molecule has 0 bridgehead atoms. The van der Waals surface area contributed by atoms with Crippen molar-refractivity contribution in [1.29, 1.82) is 0 Å². The molecule has 0 radical (unpaired) electrons. The third-order valence-corrected chi connectivity index (χ3v) is 4.82. The molecule has 0 saturated carbocycles. The number of aliphatic hydroxyl groups is 1. The molecule has 1 N–H and O–H groups in total. The van der Waals surface area contributed by atoms with E-state index >= 15 is 0 Å². The predicted molar refractivity (Wildman–Crippen MR) is 94.2 cm³/mol. The summed E-state index contributed by atoms with van der Waals surface area (Å²) in [5.41, 5.74) is 1.16. The topological polar surface area (TPSA) is 50.5 Å². The minimum Gasteiger partial charge on any atom is -0.497 e. The van der Waals surface area contributed by atoms with Crippen LogP contribution in [-0.4, -0.2) is 45.9 Å². The molecule has 2 aromatic rings. The first kappa shape index (κ1) is 17.0. The number of ether oxygens (including phenoxy) is 1. The summed E-state index contributed by atoms with van der Waals surface area (Å²) in [5, 5.41) is 10.6. The van der Waals surface area contributed by atoms with E-state index in [1.807, 2.05) is 30.6 Å². The monoisotopic (exact) mass is 329 g/mol. The maximum absolute atomic E-state index is 10.6. The standard InChI is InChI=1S/C19H27N3O2/c1-3-9-22-11-8-20-19(22)14-21-10-7-17(18(23)13-21)15-5-4-6-16(12-15)24-2/h4-6,8,11-12,17-18,23H,3,7,9-10,13-14H2,1-2H3/t17-,18+/m0/s1. The fraction of sp³-hybridized carbons (Fsp3) is 0.526. The first-order valence-corrected chi connectivity index (χ1v) is 8.75. The van der Waals surface area contributed by atoms with Crippen molar-refractivity contribution in [1.82, 2.24) is 14.5 Å². The Hall–Kier alpha value is -1.85. The summed E-state index contributed by atoms with van der Waals surface area (Å²) >= 11 is 0. The zero-order valence-electron chi connectivity index (χ0n) is 14.6. The second-order valence-electron chi connectivity index (χ2n) is 6.51. The average molecular weight is 329 g/mol. The quantitative estimate of drug-likeness (QED) is 0.885. The molecule has 2 heterocycles. The molecular weight excluding hydrogens is 302 g/mol. The Morgan fingerprint density at radius 3 is 3.00 bits per heavy atom. The van der Waals surface area contributed by atoms with Crippen molar-refractivity contribution in [3.8, 4) is 5.75 Å². The lowest BCUT2D eigenvalue weighted by Crippen LogP contribution is -2.42. The molecule has 1 aromatic heterocycles. The van der Waals surface area contributed by atoms with Crippen molar-refractivity contribution in [2.24, 2.45) is 0 Å². The molecule has 0 spiro atoms. The van der Waals surface area contributed by atoms with Crippen LogP contribution in [0.15, 0.2) is 36.7 Å². The minimum absolute atomic E-state index is 0.173. The summed E-state index contributed by atoms with van der Waals surface area (Å²) < 4.78 is 7.51. The van der Waals surface area contributed by atoms with Gasteiger partial charge in [-0.2, -0.15) is 0 Å². The van der Waals surface area contributed by atoms with Gasteiger partial charge in [0.25, 0.3) is 0 Å². The van der Waals surface area contributed by atoms with Gasteiger partial charge in [-0.1, -0.05) is 19.1 Å². The summed E-state index contributed by atoms with van der Waals surface area (Å²) in [6.45, 7) is 5.62. The summed E-state index contributed by atoms with van der Waals surface area (Å²) in [5.74, 6) is 2.11. The first-order chi connectivity index (χ1) is 11.7. The zero-order valence-corrected chi connectivity index (χ0v) is 14.6. The van der Waals surface area contributed by atoms with Gasteiger partial charge in [0.2, 0.25) is 0 Å². The largest absolute Gasteiger partial charge is 0.497 e. The molecule has 130 valence electrons.